The van der Waals surface area contributed by atoms with Gasteiger partial charge in [-0.2, -0.15) is 0 Å². The van der Waals surface area contributed by atoms with E-state index in [1.807, 2.05) is 6.07 Å². The van der Waals surface area contributed by atoms with Crippen LogP contribution in [0.5, 0.6) is 0 Å². The Morgan fingerprint density at radius 1 is 0.489 bits per heavy atom. The van der Waals surface area contributed by atoms with Gasteiger partial charge in [0.1, 0.15) is 11.2 Å². The van der Waals surface area contributed by atoms with Gasteiger partial charge in [-0.25, -0.2) is 0 Å². The Morgan fingerprint density at radius 2 is 1.11 bits per heavy atom. The summed E-state index contributed by atoms with van der Waals surface area (Å²) in [5.74, 6) is 0.211. The van der Waals surface area contributed by atoms with Crippen molar-refractivity contribution in [3.8, 4) is 22.3 Å². The zero-order valence-corrected chi connectivity index (χ0v) is 25.6. The normalized spacial score (nSPS) is 17.9. The molecule has 2 heteroatoms. The van der Waals surface area contributed by atoms with Crippen LogP contribution in [0.4, 0.5) is 11.4 Å². The smallest absolute Gasteiger partial charge is 0.143 e. The average molecular weight is 600 g/mol. The minimum absolute atomic E-state index is 0.139. The monoisotopic (exact) mass is 599 g/mol. The maximum atomic E-state index is 6.49. The van der Waals surface area contributed by atoms with Crippen LogP contribution in [0.2, 0.25) is 0 Å². The van der Waals surface area contributed by atoms with Crippen LogP contribution in [0, 0.1) is 0 Å². The predicted molar refractivity (Wildman–Crippen MR) is 191 cm³/mol. The van der Waals surface area contributed by atoms with Crippen molar-refractivity contribution in [3.63, 3.8) is 0 Å². The van der Waals surface area contributed by atoms with Gasteiger partial charge in [-0.1, -0.05) is 140 Å². The molecule has 1 aliphatic heterocycles. The summed E-state index contributed by atoms with van der Waals surface area (Å²) in [5.41, 5.74) is 16.1. The van der Waals surface area contributed by atoms with Crippen LogP contribution >= 0.6 is 0 Å². The van der Waals surface area contributed by atoms with Gasteiger partial charge >= 0.3 is 0 Å². The molecule has 3 aliphatic rings. The third-order valence-corrected chi connectivity index (χ3v) is 11.1. The molecule has 0 N–H and O–H groups in total. The van der Waals surface area contributed by atoms with Crippen molar-refractivity contribution in [2.24, 2.45) is 0 Å². The van der Waals surface area contributed by atoms with Gasteiger partial charge in [0.2, 0.25) is 0 Å². The molecule has 8 aromatic rings. The highest BCUT2D eigenvalue weighted by Crippen LogP contribution is 2.72. The topological polar surface area (TPSA) is 16.4 Å². The van der Waals surface area contributed by atoms with Crippen molar-refractivity contribution >= 4 is 33.3 Å². The van der Waals surface area contributed by atoms with Crippen LogP contribution in [-0.4, -0.2) is 0 Å². The Bertz CT molecular complexity index is 2530. The van der Waals surface area contributed by atoms with E-state index in [4.69, 9.17) is 4.42 Å². The fraction of sp³-hybridized carbons (Fsp3) is 0.0667. The lowest BCUT2D eigenvalue weighted by molar-refractivity contribution is 0.490. The Labute approximate surface area is 273 Å². The molecule has 2 nitrogen and oxygen atoms in total. The second-order valence-corrected chi connectivity index (χ2v) is 13.2. The SMILES string of the molecule is c1cc(-c2cccc3c2oc2ccccc23)cc(N2c3ccccc3C3C2c2ccccc2C32c3ccccc3-c3ccccc32)c1. The number of hydrogen-bond acceptors (Lipinski definition) is 2. The summed E-state index contributed by atoms with van der Waals surface area (Å²) in [6.45, 7) is 0. The molecule has 0 bridgehead atoms. The van der Waals surface area contributed by atoms with Gasteiger partial charge < -0.3 is 9.32 Å². The molecule has 2 unspecified atom stereocenters. The van der Waals surface area contributed by atoms with Crippen molar-refractivity contribution in [2.45, 2.75) is 17.4 Å². The van der Waals surface area contributed by atoms with E-state index in [1.165, 1.54) is 50.3 Å². The summed E-state index contributed by atoms with van der Waals surface area (Å²) in [5, 5.41) is 2.31. The molecule has 0 saturated carbocycles. The van der Waals surface area contributed by atoms with Gasteiger partial charge in [0.15, 0.2) is 0 Å². The lowest BCUT2D eigenvalue weighted by Gasteiger charge is -2.35. The molecule has 7 aromatic carbocycles. The molecule has 11 rings (SSSR count). The first-order valence-electron chi connectivity index (χ1n) is 16.5. The highest BCUT2D eigenvalue weighted by Gasteiger charge is 2.62. The zero-order valence-electron chi connectivity index (χ0n) is 25.6. The first-order valence-corrected chi connectivity index (χ1v) is 16.5. The van der Waals surface area contributed by atoms with Crippen LogP contribution in [-0.2, 0) is 5.41 Å². The minimum Gasteiger partial charge on any atom is -0.455 e. The van der Waals surface area contributed by atoms with Crippen molar-refractivity contribution in [2.75, 3.05) is 4.90 Å². The number of nitrogens with zero attached hydrogens (tertiary/aromatic N) is 1. The van der Waals surface area contributed by atoms with E-state index in [0.29, 0.717) is 0 Å². The summed E-state index contributed by atoms with van der Waals surface area (Å²) in [4.78, 5) is 2.62. The second kappa shape index (κ2) is 9.11. The van der Waals surface area contributed by atoms with Crippen molar-refractivity contribution in [1.82, 2.24) is 0 Å². The maximum absolute atomic E-state index is 6.49. The van der Waals surface area contributed by atoms with Crippen LogP contribution in [0.25, 0.3) is 44.2 Å². The van der Waals surface area contributed by atoms with E-state index in [-0.39, 0.29) is 17.4 Å². The van der Waals surface area contributed by atoms with E-state index in [0.717, 1.165) is 33.1 Å². The summed E-state index contributed by atoms with van der Waals surface area (Å²) in [6.07, 6.45) is 0. The van der Waals surface area contributed by atoms with Crippen LogP contribution in [0.15, 0.2) is 168 Å². The van der Waals surface area contributed by atoms with E-state index < -0.39 is 0 Å². The fourth-order valence-corrected chi connectivity index (χ4v) is 9.50. The first-order chi connectivity index (χ1) is 23.3. The number of anilines is 2. The number of fused-ring (bicyclic) bond motifs is 15. The van der Waals surface area contributed by atoms with Crippen molar-refractivity contribution in [1.29, 1.82) is 0 Å². The summed E-state index contributed by atoms with van der Waals surface area (Å²) in [7, 11) is 0. The van der Waals surface area contributed by atoms with Gasteiger partial charge in [-0.3, -0.25) is 0 Å². The van der Waals surface area contributed by atoms with Crippen molar-refractivity contribution < 1.29 is 4.42 Å². The van der Waals surface area contributed by atoms with Crippen molar-refractivity contribution in [3.05, 3.63) is 192 Å². The molecule has 0 amide bonds. The van der Waals surface area contributed by atoms with Crippen LogP contribution in [0.1, 0.15) is 39.8 Å². The number of hydrogen-bond donors (Lipinski definition) is 0. The maximum Gasteiger partial charge on any atom is 0.143 e. The number of benzene rings is 7. The highest BCUT2D eigenvalue weighted by atomic mass is 16.3. The molecular formula is C45H29NO. The van der Waals surface area contributed by atoms with Crippen LogP contribution in [0.3, 0.4) is 0 Å². The lowest BCUT2D eigenvalue weighted by Crippen LogP contribution is -2.32. The number of para-hydroxylation sites is 3. The van der Waals surface area contributed by atoms with E-state index in [2.05, 4.69) is 163 Å². The third kappa shape index (κ3) is 3.10. The van der Waals surface area contributed by atoms with E-state index in [9.17, 15) is 0 Å². The molecule has 2 aliphatic carbocycles. The first kappa shape index (κ1) is 25.3. The summed E-state index contributed by atoms with van der Waals surface area (Å²) in [6, 6.07) is 60.6. The van der Waals surface area contributed by atoms with Gasteiger partial charge in [0.25, 0.3) is 0 Å². The number of rotatable bonds is 2. The molecule has 47 heavy (non-hydrogen) atoms. The van der Waals surface area contributed by atoms with E-state index >= 15 is 0 Å². The van der Waals surface area contributed by atoms with Gasteiger partial charge in [-0.15, -0.1) is 0 Å². The predicted octanol–water partition coefficient (Wildman–Crippen LogP) is 11.6. The average Bonchev–Trinajstić information content (AvgIpc) is 3.85. The molecule has 1 aromatic heterocycles. The molecule has 2 heterocycles. The van der Waals surface area contributed by atoms with Gasteiger partial charge in [0, 0.05) is 33.6 Å². The summed E-state index contributed by atoms with van der Waals surface area (Å²) >= 11 is 0. The Morgan fingerprint density at radius 3 is 1.94 bits per heavy atom. The molecule has 0 radical (unpaired) electrons. The molecule has 220 valence electrons. The fourth-order valence-electron chi connectivity index (χ4n) is 9.50. The highest BCUT2D eigenvalue weighted by molar-refractivity contribution is 6.09. The lowest BCUT2D eigenvalue weighted by atomic mass is 9.65. The molecular weight excluding hydrogens is 571 g/mol. The summed E-state index contributed by atoms with van der Waals surface area (Å²) < 4.78 is 6.49. The number of furan rings is 1. The molecule has 1 spiro atoms. The standard InChI is InChI=1S/C45H29NO/c1-6-22-37-31(15-1)32-16-2-7-23-38(32)45(37)39-24-8-3-18-35(39)43-42(45)36-19-4-9-25-40(36)46(43)29-14-11-13-28(27-29)30-20-12-21-34-33-17-5-10-26-41(33)47-44(30)34/h1-27,42-43H. The van der Waals surface area contributed by atoms with E-state index in [1.54, 1.807) is 0 Å². The Kier molecular flexibility index (Phi) is 4.91. The minimum atomic E-state index is -0.281. The van der Waals surface area contributed by atoms with Gasteiger partial charge in [-0.05, 0) is 68.8 Å². The third-order valence-electron chi connectivity index (χ3n) is 11.1. The van der Waals surface area contributed by atoms with Gasteiger partial charge in [0.05, 0.1) is 11.5 Å². The Hall–Kier alpha value is -5.86. The zero-order chi connectivity index (χ0) is 30.7. The Balaban J connectivity index is 1.16. The van der Waals surface area contributed by atoms with Crippen LogP contribution < -0.4 is 4.90 Å². The molecule has 0 fully saturated rings. The largest absolute Gasteiger partial charge is 0.455 e. The quantitative estimate of drug-likeness (QED) is 0.197. The molecule has 0 saturated heterocycles. The molecule has 2 atom stereocenters. The second-order valence-electron chi connectivity index (χ2n) is 13.2.